The molecule has 1 unspecified atom stereocenters. The number of benzene rings is 1. The molecule has 1 amide bonds. The highest BCUT2D eigenvalue weighted by molar-refractivity contribution is 5.86. The van der Waals surface area contributed by atoms with E-state index in [9.17, 15) is 4.79 Å². The molecule has 6 heteroatoms. The van der Waals surface area contributed by atoms with Gasteiger partial charge in [-0.2, -0.15) is 0 Å². The van der Waals surface area contributed by atoms with E-state index in [1.807, 2.05) is 24.3 Å². The number of nitrogens with zero attached hydrogens (tertiary/aromatic N) is 1. The fourth-order valence-electron chi connectivity index (χ4n) is 2.20. The maximum absolute atomic E-state index is 11.8. The standard InChI is InChI=1S/C18H24N4O2/c1-14(15-7-4-3-5-8-15)11-21-18(19-2)22-13-17(23)20-12-16-9-6-10-24-16/h3-10,14H,11-13H2,1-2H3,(H,20,23)(H2,19,21,22). The SMILES string of the molecule is CN=C(NCC(=O)NCc1ccco1)NCC(C)c1ccccc1. The van der Waals surface area contributed by atoms with E-state index in [0.29, 0.717) is 18.4 Å². The van der Waals surface area contributed by atoms with Crippen LogP contribution in [0.1, 0.15) is 24.2 Å². The number of furan rings is 1. The number of hydrogen-bond acceptors (Lipinski definition) is 3. The smallest absolute Gasteiger partial charge is 0.239 e. The van der Waals surface area contributed by atoms with Gasteiger partial charge in [0.2, 0.25) is 5.91 Å². The molecular weight excluding hydrogens is 304 g/mol. The van der Waals surface area contributed by atoms with E-state index in [4.69, 9.17) is 4.42 Å². The number of amides is 1. The first-order valence-electron chi connectivity index (χ1n) is 7.97. The van der Waals surface area contributed by atoms with Crippen LogP contribution in [0.2, 0.25) is 0 Å². The topological polar surface area (TPSA) is 78.7 Å². The van der Waals surface area contributed by atoms with E-state index in [1.165, 1.54) is 5.56 Å². The molecular formula is C18H24N4O2. The number of aliphatic imine (C=N–C) groups is 1. The number of rotatable bonds is 7. The van der Waals surface area contributed by atoms with Crippen molar-refractivity contribution >= 4 is 11.9 Å². The molecule has 0 aliphatic heterocycles. The predicted octanol–water partition coefficient (Wildman–Crippen LogP) is 1.86. The maximum atomic E-state index is 11.8. The molecule has 0 aliphatic rings. The van der Waals surface area contributed by atoms with Crippen LogP contribution >= 0.6 is 0 Å². The molecule has 3 N–H and O–H groups in total. The number of guanidine groups is 1. The first-order chi connectivity index (χ1) is 11.7. The molecule has 1 aromatic heterocycles. The van der Waals surface area contributed by atoms with E-state index < -0.39 is 0 Å². The van der Waals surface area contributed by atoms with Crippen molar-refractivity contribution in [1.82, 2.24) is 16.0 Å². The summed E-state index contributed by atoms with van der Waals surface area (Å²) in [5.74, 6) is 1.55. The Morgan fingerprint density at radius 1 is 1.12 bits per heavy atom. The average Bonchev–Trinajstić information content (AvgIpc) is 3.14. The average molecular weight is 328 g/mol. The summed E-state index contributed by atoms with van der Waals surface area (Å²) in [4.78, 5) is 16.0. The van der Waals surface area contributed by atoms with Crippen molar-refractivity contribution in [2.24, 2.45) is 4.99 Å². The molecule has 6 nitrogen and oxygen atoms in total. The molecule has 0 radical (unpaired) electrons. The summed E-state index contributed by atoms with van der Waals surface area (Å²) < 4.78 is 5.17. The third kappa shape index (κ3) is 5.79. The van der Waals surface area contributed by atoms with E-state index >= 15 is 0 Å². The van der Waals surface area contributed by atoms with Crippen LogP contribution in [0, 0.1) is 0 Å². The Balaban J connectivity index is 1.69. The fraction of sp³-hybridized carbons (Fsp3) is 0.333. The summed E-state index contributed by atoms with van der Waals surface area (Å²) in [5, 5.41) is 9.01. The number of hydrogen-bond donors (Lipinski definition) is 3. The molecule has 1 atom stereocenters. The zero-order valence-corrected chi connectivity index (χ0v) is 14.1. The maximum Gasteiger partial charge on any atom is 0.239 e. The van der Waals surface area contributed by atoms with Crippen LogP contribution in [0.3, 0.4) is 0 Å². The van der Waals surface area contributed by atoms with Crippen LogP contribution in [0.25, 0.3) is 0 Å². The molecule has 2 aromatic rings. The van der Waals surface area contributed by atoms with Crippen molar-refractivity contribution in [3.63, 3.8) is 0 Å². The number of carbonyl (C=O) groups is 1. The molecule has 1 aromatic carbocycles. The molecule has 24 heavy (non-hydrogen) atoms. The van der Waals surface area contributed by atoms with E-state index in [0.717, 1.165) is 12.3 Å². The molecule has 0 saturated carbocycles. The minimum Gasteiger partial charge on any atom is -0.467 e. The van der Waals surface area contributed by atoms with Gasteiger partial charge in [-0.05, 0) is 23.6 Å². The zero-order valence-electron chi connectivity index (χ0n) is 14.1. The van der Waals surface area contributed by atoms with Crippen LogP contribution in [-0.2, 0) is 11.3 Å². The lowest BCUT2D eigenvalue weighted by atomic mass is 10.0. The Labute approximate surface area is 142 Å². The fourth-order valence-corrected chi connectivity index (χ4v) is 2.20. The van der Waals surface area contributed by atoms with Crippen molar-refractivity contribution in [3.8, 4) is 0 Å². The van der Waals surface area contributed by atoms with Gasteiger partial charge in [-0.25, -0.2) is 0 Å². The molecule has 128 valence electrons. The normalized spacial score (nSPS) is 12.5. The molecule has 0 bridgehead atoms. The highest BCUT2D eigenvalue weighted by Gasteiger charge is 2.08. The van der Waals surface area contributed by atoms with Gasteiger partial charge in [0, 0.05) is 13.6 Å². The Kier molecular flexibility index (Phi) is 6.89. The lowest BCUT2D eigenvalue weighted by Gasteiger charge is -2.16. The van der Waals surface area contributed by atoms with Gasteiger partial charge in [0.25, 0.3) is 0 Å². The van der Waals surface area contributed by atoms with Crippen molar-refractivity contribution in [2.45, 2.75) is 19.4 Å². The van der Waals surface area contributed by atoms with E-state index in [1.54, 1.807) is 19.4 Å². The summed E-state index contributed by atoms with van der Waals surface area (Å²) in [7, 11) is 1.68. The van der Waals surface area contributed by atoms with E-state index in [2.05, 4.69) is 40.0 Å². The van der Waals surface area contributed by atoms with Gasteiger partial charge in [0.1, 0.15) is 5.76 Å². The van der Waals surface area contributed by atoms with Crippen molar-refractivity contribution < 1.29 is 9.21 Å². The summed E-state index contributed by atoms with van der Waals surface area (Å²) >= 11 is 0. The first-order valence-corrected chi connectivity index (χ1v) is 7.97. The van der Waals surface area contributed by atoms with Crippen molar-refractivity contribution in [1.29, 1.82) is 0 Å². The van der Waals surface area contributed by atoms with Gasteiger partial charge >= 0.3 is 0 Å². The lowest BCUT2D eigenvalue weighted by molar-refractivity contribution is -0.120. The Bertz CT molecular complexity index is 638. The van der Waals surface area contributed by atoms with Crippen molar-refractivity contribution in [2.75, 3.05) is 20.1 Å². The highest BCUT2D eigenvalue weighted by atomic mass is 16.3. The van der Waals surface area contributed by atoms with Gasteiger partial charge in [-0.3, -0.25) is 9.79 Å². The second kappa shape index (κ2) is 9.39. The van der Waals surface area contributed by atoms with Gasteiger partial charge in [0.05, 0.1) is 19.4 Å². The summed E-state index contributed by atoms with van der Waals surface area (Å²) in [5.41, 5.74) is 1.26. The lowest BCUT2D eigenvalue weighted by Crippen LogP contribution is -2.43. The second-order valence-electron chi connectivity index (χ2n) is 5.47. The zero-order chi connectivity index (χ0) is 17.2. The minimum atomic E-state index is -0.120. The summed E-state index contributed by atoms with van der Waals surface area (Å²) in [6.07, 6.45) is 1.58. The third-order valence-corrected chi connectivity index (χ3v) is 3.62. The molecule has 0 fully saturated rings. The molecule has 0 aliphatic carbocycles. The summed E-state index contributed by atoms with van der Waals surface area (Å²) in [6.45, 7) is 3.41. The van der Waals surface area contributed by atoms with Crippen LogP contribution < -0.4 is 16.0 Å². The highest BCUT2D eigenvalue weighted by Crippen LogP contribution is 2.12. The van der Waals surface area contributed by atoms with Gasteiger partial charge < -0.3 is 20.4 Å². The van der Waals surface area contributed by atoms with Crippen LogP contribution in [0.5, 0.6) is 0 Å². The second-order valence-corrected chi connectivity index (χ2v) is 5.47. The van der Waals surface area contributed by atoms with Gasteiger partial charge in [0.15, 0.2) is 5.96 Å². The van der Waals surface area contributed by atoms with E-state index in [-0.39, 0.29) is 12.5 Å². The molecule has 0 saturated heterocycles. The first kappa shape index (κ1) is 17.6. The van der Waals surface area contributed by atoms with Gasteiger partial charge in [-0.1, -0.05) is 37.3 Å². The Morgan fingerprint density at radius 2 is 1.92 bits per heavy atom. The summed E-state index contributed by atoms with van der Waals surface area (Å²) in [6, 6.07) is 13.9. The Morgan fingerprint density at radius 3 is 2.58 bits per heavy atom. The monoisotopic (exact) mass is 328 g/mol. The van der Waals surface area contributed by atoms with Crippen LogP contribution in [0.15, 0.2) is 58.1 Å². The molecule has 0 spiro atoms. The Hall–Kier alpha value is -2.76. The quantitative estimate of drug-likeness (QED) is 0.535. The number of carbonyl (C=O) groups excluding carboxylic acids is 1. The molecule has 1 heterocycles. The minimum absolute atomic E-state index is 0.120. The largest absolute Gasteiger partial charge is 0.467 e. The third-order valence-electron chi connectivity index (χ3n) is 3.62. The van der Waals surface area contributed by atoms with Crippen LogP contribution in [0.4, 0.5) is 0 Å². The predicted molar refractivity (Wildman–Crippen MR) is 94.8 cm³/mol. The molecule has 2 rings (SSSR count). The van der Waals surface area contributed by atoms with Crippen molar-refractivity contribution in [3.05, 3.63) is 60.1 Å². The number of nitrogens with one attached hydrogen (secondary N) is 3. The van der Waals surface area contributed by atoms with Crippen LogP contribution in [-0.4, -0.2) is 32.0 Å². The van der Waals surface area contributed by atoms with Gasteiger partial charge in [-0.15, -0.1) is 0 Å².